The van der Waals surface area contributed by atoms with Gasteiger partial charge in [-0.1, -0.05) is 32.9 Å². The van der Waals surface area contributed by atoms with Gasteiger partial charge in [0, 0.05) is 20.2 Å². The van der Waals surface area contributed by atoms with E-state index < -0.39 is 16.1 Å². The lowest BCUT2D eigenvalue weighted by molar-refractivity contribution is -0.124. The van der Waals surface area contributed by atoms with Crippen LogP contribution in [-0.4, -0.2) is 40.6 Å². The third-order valence-corrected chi connectivity index (χ3v) is 4.95. The molecule has 1 aromatic rings. The Morgan fingerprint density at radius 1 is 1.32 bits per heavy atom. The third kappa shape index (κ3) is 7.70. The molecule has 0 saturated heterocycles. The molecule has 4 N–H and O–H groups in total. The quantitative estimate of drug-likeness (QED) is 0.571. The highest BCUT2D eigenvalue weighted by Gasteiger charge is 2.27. The lowest BCUT2D eigenvalue weighted by Gasteiger charge is -2.25. The van der Waals surface area contributed by atoms with Crippen molar-refractivity contribution in [2.45, 2.75) is 38.3 Å². The lowest BCUT2D eigenvalue weighted by atomic mass is 9.87. The normalized spacial score (nSPS) is 13.0. The monoisotopic (exact) mass is 393 g/mol. The number of sulfonamides is 1. The number of amides is 1. The Morgan fingerprint density at radius 3 is 2.52 bits per heavy atom. The standard InChI is InChI=1S/C16H27N3O4S.ClH/c1-16(2,3)14(17)15(20)18-11-12-6-5-7-13(10-12)24(21,22)19-8-9-23-4;/h5-7,10,14,19H,8-9,11,17H2,1-4H3,(H,18,20);1H/t14-;/m1./s1. The predicted octanol–water partition coefficient (Wildman–Crippen LogP) is 1.02. The summed E-state index contributed by atoms with van der Waals surface area (Å²) in [5.74, 6) is -0.269. The van der Waals surface area contributed by atoms with E-state index in [1.54, 1.807) is 12.1 Å². The molecule has 25 heavy (non-hydrogen) atoms. The SMILES string of the molecule is COCCNS(=O)(=O)c1cccc(CNC(=O)[C@@H](N)C(C)(C)C)c1.Cl. The van der Waals surface area contributed by atoms with Gasteiger partial charge in [-0.05, 0) is 23.1 Å². The highest BCUT2D eigenvalue weighted by Crippen LogP contribution is 2.17. The maximum atomic E-state index is 12.2. The Hall–Kier alpha value is -1.19. The van der Waals surface area contributed by atoms with Crippen LogP contribution in [0.2, 0.25) is 0 Å². The van der Waals surface area contributed by atoms with E-state index >= 15 is 0 Å². The minimum Gasteiger partial charge on any atom is -0.383 e. The van der Waals surface area contributed by atoms with Crippen molar-refractivity contribution in [3.8, 4) is 0 Å². The number of hydrogen-bond acceptors (Lipinski definition) is 5. The van der Waals surface area contributed by atoms with Gasteiger partial charge in [0.1, 0.15) is 0 Å². The third-order valence-electron chi connectivity index (χ3n) is 3.49. The van der Waals surface area contributed by atoms with Gasteiger partial charge in [0.25, 0.3) is 0 Å². The van der Waals surface area contributed by atoms with Gasteiger partial charge in [-0.15, -0.1) is 12.4 Å². The number of carbonyl (C=O) groups excluding carboxylic acids is 1. The van der Waals surface area contributed by atoms with Crippen LogP contribution in [0.1, 0.15) is 26.3 Å². The largest absolute Gasteiger partial charge is 0.383 e. The van der Waals surface area contributed by atoms with Gasteiger partial charge < -0.3 is 15.8 Å². The summed E-state index contributed by atoms with van der Waals surface area (Å²) in [6.45, 7) is 6.35. The van der Waals surface area contributed by atoms with Crippen LogP contribution in [0.4, 0.5) is 0 Å². The molecule has 1 rings (SSSR count). The average molecular weight is 394 g/mol. The summed E-state index contributed by atoms with van der Waals surface area (Å²) in [4.78, 5) is 12.2. The first-order valence-electron chi connectivity index (χ1n) is 7.69. The van der Waals surface area contributed by atoms with Crippen molar-refractivity contribution in [2.75, 3.05) is 20.3 Å². The number of ether oxygens (including phenoxy) is 1. The zero-order valence-corrected chi connectivity index (χ0v) is 16.7. The molecular formula is C16H28ClN3O4S. The smallest absolute Gasteiger partial charge is 0.240 e. The van der Waals surface area contributed by atoms with Crippen LogP contribution in [0.25, 0.3) is 0 Å². The zero-order chi connectivity index (χ0) is 18.4. The van der Waals surface area contributed by atoms with Crippen molar-refractivity contribution in [2.24, 2.45) is 11.1 Å². The average Bonchev–Trinajstić information content (AvgIpc) is 2.51. The van der Waals surface area contributed by atoms with Crippen molar-refractivity contribution in [1.29, 1.82) is 0 Å². The minimum atomic E-state index is -3.60. The van der Waals surface area contributed by atoms with Gasteiger partial charge in [-0.3, -0.25) is 4.79 Å². The summed E-state index contributed by atoms with van der Waals surface area (Å²) in [6.07, 6.45) is 0. The fourth-order valence-corrected chi connectivity index (χ4v) is 2.96. The second kappa shape index (κ2) is 10.1. The van der Waals surface area contributed by atoms with E-state index in [0.717, 1.165) is 0 Å². The number of hydrogen-bond donors (Lipinski definition) is 3. The summed E-state index contributed by atoms with van der Waals surface area (Å²) in [6, 6.07) is 5.77. The van der Waals surface area contributed by atoms with Crippen molar-refractivity contribution < 1.29 is 17.9 Å². The molecular weight excluding hydrogens is 366 g/mol. The Balaban J connectivity index is 0.00000576. The first-order valence-corrected chi connectivity index (χ1v) is 9.17. The Morgan fingerprint density at radius 2 is 1.96 bits per heavy atom. The van der Waals surface area contributed by atoms with E-state index in [-0.39, 0.29) is 41.7 Å². The minimum absolute atomic E-state index is 0. The highest BCUT2D eigenvalue weighted by atomic mass is 35.5. The molecule has 0 aliphatic carbocycles. The van der Waals surface area contributed by atoms with Gasteiger partial charge in [0.2, 0.25) is 15.9 Å². The predicted molar refractivity (Wildman–Crippen MR) is 100 cm³/mol. The highest BCUT2D eigenvalue weighted by molar-refractivity contribution is 7.89. The van der Waals surface area contributed by atoms with E-state index in [1.165, 1.54) is 19.2 Å². The van der Waals surface area contributed by atoms with Crippen LogP contribution in [-0.2, 0) is 26.1 Å². The lowest BCUT2D eigenvalue weighted by Crippen LogP contribution is -2.48. The number of benzene rings is 1. The Labute approximate surface area is 156 Å². The summed E-state index contributed by atoms with van der Waals surface area (Å²) in [5.41, 5.74) is 6.23. The van der Waals surface area contributed by atoms with Crippen molar-refractivity contribution in [1.82, 2.24) is 10.0 Å². The van der Waals surface area contributed by atoms with E-state index in [9.17, 15) is 13.2 Å². The van der Waals surface area contributed by atoms with Crippen LogP contribution in [0, 0.1) is 5.41 Å². The molecule has 0 unspecified atom stereocenters. The Bertz CT molecular complexity index is 660. The number of rotatable bonds is 8. The van der Waals surface area contributed by atoms with E-state index in [2.05, 4.69) is 10.0 Å². The molecule has 0 bridgehead atoms. The number of carbonyl (C=O) groups is 1. The molecule has 1 aromatic carbocycles. The van der Waals surface area contributed by atoms with Gasteiger partial charge in [0.05, 0.1) is 17.5 Å². The molecule has 1 atom stereocenters. The topological polar surface area (TPSA) is 111 Å². The summed E-state index contributed by atoms with van der Waals surface area (Å²) < 4.78 is 31.6. The molecule has 9 heteroatoms. The van der Waals surface area contributed by atoms with Crippen LogP contribution in [0.3, 0.4) is 0 Å². The van der Waals surface area contributed by atoms with E-state index in [1.807, 2.05) is 20.8 Å². The second-order valence-electron chi connectivity index (χ2n) is 6.60. The molecule has 1 amide bonds. The van der Waals surface area contributed by atoms with Gasteiger partial charge in [0.15, 0.2) is 0 Å². The van der Waals surface area contributed by atoms with Crippen LogP contribution in [0.5, 0.6) is 0 Å². The molecule has 144 valence electrons. The van der Waals surface area contributed by atoms with E-state index in [4.69, 9.17) is 10.5 Å². The zero-order valence-electron chi connectivity index (χ0n) is 15.0. The molecule has 0 fully saturated rings. The molecule has 0 saturated carbocycles. The summed E-state index contributed by atoms with van der Waals surface area (Å²) >= 11 is 0. The molecule has 0 heterocycles. The molecule has 0 radical (unpaired) electrons. The van der Waals surface area contributed by atoms with Crippen molar-refractivity contribution >= 4 is 28.3 Å². The number of nitrogens with two attached hydrogens (primary N) is 1. The number of nitrogens with one attached hydrogen (secondary N) is 2. The fraction of sp³-hybridized carbons (Fsp3) is 0.562. The molecule has 0 aromatic heterocycles. The van der Waals surface area contributed by atoms with Crippen molar-refractivity contribution in [3.63, 3.8) is 0 Å². The van der Waals surface area contributed by atoms with Crippen molar-refractivity contribution in [3.05, 3.63) is 29.8 Å². The van der Waals surface area contributed by atoms with Crippen LogP contribution < -0.4 is 15.8 Å². The van der Waals surface area contributed by atoms with Gasteiger partial charge in [-0.25, -0.2) is 13.1 Å². The summed E-state index contributed by atoms with van der Waals surface area (Å²) in [5, 5.41) is 2.74. The van der Waals surface area contributed by atoms with Crippen LogP contribution in [0.15, 0.2) is 29.2 Å². The Kier molecular flexibility index (Phi) is 9.60. The number of halogens is 1. The van der Waals surface area contributed by atoms with E-state index in [0.29, 0.717) is 12.2 Å². The first-order chi connectivity index (χ1) is 11.1. The van der Waals surface area contributed by atoms with Gasteiger partial charge in [-0.2, -0.15) is 0 Å². The molecule has 0 spiro atoms. The van der Waals surface area contributed by atoms with Crippen LogP contribution >= 0.6 is 12.4 Å². The molecule has 0 aliphatic heterocycles. The fourth-order valence-electron chi connectivity index (χ4n) is 1.88. The summed E-state index contributed by atoms with van der Waals surface area (Å²) in [7, 11) is -2.10. The maximum absolute atomic E-state index is 12.2. The molecule has 0 aliphatic rings. The first kappa shape index (κ1) is 23.8. The van der Waals surface area contributed by atoms with Gasteiger partial charge >= 0.3 is 0 Å². The maximum Gasteiger partial charge on any atom is 0.240 e. The molecule has 7 nitrogen and oxygen atoms in total. The second-order valence-corrected chi connectivity index (χ2v) is 8.37. The number of methoxy groups -OCH3 is 1.